The minimum absolute atomic E-state index is 0.240. The molecule has 0 saturated carbocycles. The third kappa shape index (κ3) is 5.42. The van der Waals surface area contributed by atoms with Crippen LogP contribution in [-0.2, 0) is 19.1 Å². The predicted octanol–water partition coefficient (Wildman–Crippen LogP) is 3.08. The Morgan fingerprint density at radius 1 is 1.05 bits per heavy atom. The van der Waals surface area contributed by atoms with Crippen LogP contribution >= 0.6 is 0 Å². The zero-order chi connectivity index (χ0) is 15.7. The normalized spacial score (nSPS) is 12.4. The van der Waals surface area contributed by atoms with E-state index in [1.54, 1.807) is 20.8 Å². The van der Waals surface area contributed by atoms with Crippen LogP contribution in [0.2, 0.25) is 0 Å². The highest BCUT2D eigenvalue weighted by molar-refractivity contribution is 5.95. The number of ether oxygens (including phenoxy) is 2. The van der Waals surface area contributed by atoms with Crippen LogP contribution < -0.4 is 0 Å². The van der Waals surface area contributed by atoms with E-state index in [1.807, 2.05) is 42.5 Å². The van der Waals surface area contributed by atoms with Crippen molar-refractivity contribution < 1.29 is 19.1 Å². The van der Waals surface area contributed by atoms with E-state index in [1.165, 1.54) is 0 Å². The molecule has 0 amide bonds. The molecular weight excluding hydrogens is 268 g/mol. The van der Waals surface area contributed by atoms with Gasteiger partial charge in [-0.15, -0.1) is 0 Å². The Kier molecular flexibility index (Phi) is 7.23. The lowest BCUT2D eigenvalue weighted by atomic mass is 9.93. The highest BCUT2D eigenvalue weighted by Gasteiger charge is 2.33. The SMILES string of the molecule is CCOC(=O)C(C(=O)OCC)C(C)/C=C/c1ccccc1. The van der Waals surface area contributed by atoms with Crippen LogP contribution in [-0.4, -0.2) is 25.2 Å². The standard InChI is InChI=1S/C17H22O4/c1-4-20-16(18)15(17(19)21-5-2)13(3)11-12-14-9-7-6-8-10-14/h6-13,15H,4-5H2,1-3H3/b12-11+. The number of hydrogen-bond donors (Lipinski definition) is 0. The number of carbonyl (C=O) groups is 2. The summed E-state index contributed by atoms with van der Waals surface area (Å²) in [5.41, 5.74) is 1.01. The molecule has 21 heavy (non-hydrogen) atoms. The Labute approximate surface area is 125 Å². The summed E-state index contributed by atoms with van der Waals surface area (Å²) >= 11 is 0. The van der Waals surface area contributed by atoms with Crippen LogP contribution in [0.15, 0.2) is 36.4 Å². The zero-order valence-electron chi connectivity index (χ0n) is 12.7. The van der Waals surface area contributed by atoms with Gasteiger partial charge in [0.05, 0.1) is 13.2 Å². The molecule has 1 unspecified atom stereocenters. The highest BCUT2D eigenvalue weighted by atomic mass is 16.6. The topological polar surface area (TPSA) is 52.6 Å². The van der Waals surface area contributed by atoms with Gasteiger partial charge in [0.1, 0.15) is 0 Å². The second kappa shape index (κ2) is 8.95. The number of benzene rings is 1. The Hall–Kier alpha value is -2.10. The van der Waals surface area contributed by atoms with Crippen molar-refractivity contribution >= 4 is 18.0 Å². The van der Waals surface area contributed by atoms with Gasteiger partial charge in [-0.05, 0) is 25.3 Å². The number of hydrogen-bond acceptors (Lipinski definition) is 4. The molecular formula is C17H22O4. The van der Waals surface area contributed by atoms with Crippen molar-refractivity contribution in [3.05, 3.63) is 42.0 Å². The van der Waals surface area contributed by atoms with Crippen LogP contribution in [0.3, 0.4) is 0 Å². The third-order valence-corrected chi connectivity index (χ3v) is 3.00. The number of esters is 2. The Morgan fingerprint density at radius 3 is 2.05 bits per heavy atom. The molecule has 0 heterocycles. The van der Waals surface area contributed by atoms with Crippen molar-refractivity contribution in [3.63, 3.8) is 0 Å². The summed E-state index contributed by atoms with van der Waals surface area (Å²) in [6.07, 6.45) is 3.71. The molecule has 0 fully saturated rings. The molecule has 114 valence electrons. The monoisotopic (exact) mass is 290 g/mol. The van der Waals surface area contributed by atoms with Gasteiger partial charge in [-0.3, -0.25) is 9.59 Å². The van der Waals surface area contributed by atoms with E-state index in [-0.39, 0.29) is 19.1 Å². The van der Waals surface area contributed by atoms with Crippen LogP contribution in [0.4, 0.5) is 0 Å². The third-order valence-electron chi connectivity index (χ3n) is 3.00. The first-order valence-electron chi connectivity index (χ1n) is 7.16. The first kappa shape index (κ1) is 17.0. The summed E-state index contributed by atoms with van der Waals surface area (Å²) in [7, 11) is 0. The van der Waals surface area contributed by atoms with Crippen LogP contribution in [0, 0.1) is 11.8 Å². The van der Waals surface area contributed by atoms with Gasteiger partial charge in [0.15, 0.2) is 5.92 Å². The van der Waals surface area contributed by atoms with Gasteiger partial charge in [-0.1, -0.05) is 49.4 Å². The van der Waals surface area contributed by atoms with Crippen molar-refractivity contribution in [2.24, 2.45) is 11.8 Å². The fraction of sp³-hybridized carbons (Fsp3) is 0.412. The quantitative estimate of drug-likeness (QED) is 0.572. The molecule has 1 aromatic rings. The minimum Gasteiger partial charge on any atom is -0.465 e. The fourth-order valence-electron chi connectivity index (χ4n) is 1.93. The zero-order valence-corrected chi connectivity index (χ0v) is 12.7. The van der Waals surface area contributed by atoms with E-state index in [0.717, 1.165) is 5.56 Å². The summed E-state index contributed by atoms with van der Waals surface area (Å²) in [6, 6.07) is 9.69. The maximum absolute atomic E-state index is 12.0. The smallest absolute Gasteiger partial charge is 0.320 e. The highest BCUT2D eigenvalue weighted by Crippen LogP contribution is 2.19. The van der Waals surface area contributed by atoms with Crippen molar-refractivity contribution in [1.29, 1.82) is 0 Å². The van der Waals surface area contributed by atoms with Crippen molar-refractivity contribution in [3.8, 4) is 0 Å². The second-order valence-electron chi connectivity index (χ2n) is 4.61. The Balaban J connectivity index is 2.84. The average Bonchev–Trinajstić information content (AvgIpc) is 2.47. The lowest BCUT2D eigenvalue weighted by molar-refractivity contribution is -0.163. The van der Waals surface area contributed by atoms with Gasteiger partial charge in [0, 0.05) is 0 Å². The van der Waals surface area contributed by atoms with Gasteiger partial charge in [-0.25, -0.2) is 0 Å². The molecule has 0 aromatic heterocycles. The van der Waals surface area contributed by atoms with Gasteiger partial charge in [-0.2, -0.15) is 0 Å². The van der Waals surface area contributed by atoms with E-state index in [0.29, 0.717) is 0 Å². The summed E-state index contributed by atoms with van der Waals surface area (Å²) in [5, 5.41) is 0. The molecule has 0 aliphatic rings. The molecule has 1 aromatic carbocycles. The summed E-state index contributed by atoms with van der Waals surface area (Å²) in [5.74, 6) is -2.31. The van der Waals surface area contributed by atoms with Crippen LogP contribution in [0.25, 0.3) is 6.08 Å². The first-order chi connectivity index (χ1) is 10.1. The van der Waals surface area contributed by atoms with E-state index >= 15 is 0 Å². The molecule has 0 aliphatic heterocycles. The summed E-state index contributed by atoms with van der Waals surface area (Å²) < 4.78 is 9.94. The van der Waals surface area contributed by atoms with Crippen molar-refractivity contribution in [2.75, 3.05) is 13.2 Å². The number of rotatable bonds is 7. The van der Waals surface area contributed by atoms with E-state index in [9.17, 15) is 9.59 Å². The number of carbonyl (C=O) groups excluding carboxylic acids is 2. The number of allylic oxidation sites excluding steroid dienone is 1. The average molecular weight is 290 g/mol. The van der Waals surface area contributed by atoms with E-state index in [4.69, 9.17) is 9.47 Å². The van der Waals surface area contributed by atoms with E-state index < -0.39 is 17.9 Å². The molecule has 0 spiro atoms. The summed E-state index contributed by atoms with van der Waals surface area (Å²) in [4.78, 5) is 23.9. The molecule has 0 bridgehead atoms. The predicted molar refractivity (Wildman–Crippen MR) is 81.4 cm³/mol. The second-order valence-corrected chi connectivity index (χ2v) is 4.61. The van der Waals surface area contributed by atoms with Crippen LogP contribution in [0.5, 0.6) is 0 Å². The van der Waals surface area contributed by atoms with Crippen molar-refractivity contribution in [1.82, 2.24) is 0 Å². The summed E-state index contributed by atoms with van der Waals surface area (Å²) in [6.45, 7) is 5.71. The molecule has 0 N–H and O–H groups in total. The van der Waals surface area contributed by atoms with Gasteiger partial charge in [0.2, 0.25) is 0 Å². The Bertz CT molecular complexity index is 461. The molecule has 1 rings (SSSR count). The van der Waals surface area contributed by atoms with Crippen molar-refractivity contribution in [2.45, 2.75) is 20.8 Å². The molecule has 4 nitrogen and oxygen atoms in total. The fourth-order valence-corrected chi connectivity index (χ4v) is 1.93. The van der Waals surface area contributed by atoms with Gasteiger partial charge >= 0.3 is 11.9 Å². The molecule has 0 saturated heterocycles. The minimum atomic E-state index is -0.926. The Morgan fingerprint density at radius 2 is 1.57 bits per heavy atom. The maximum Gasteiger partial charge on any atom is 0.320 e. The lowest BCUT2D eigenvalue weighted by Gasteiger charge is -2.18. The van der Waals surface area contributed by atoms with Gasteiger partial charge < -0.3 is 9.47 Å². The maximum atomic E-state index is 12.0. The first-order valence-corrected chi connectivity index (χ1v) is 7.16. The largest absolute Gasteiger partial charge is 0.465 e. The molecule has 4 heteroatoms. The van der Waals surface area contributed by atoms with E-state index in [2.05, 4.69) is 0 Å². The molecule has 1 atom stereocenters. The molecule has 0 aliphatic carbocycles. The molecule has 0 radical (unpaired) electrons. The lowest BCUT2D eigenvalue weighted by Crippen LogP contribution is -2.32. The van der Waals surface area contributed by atoms with Gasteiger partial charge in [0.25, 0.3) is 0 Å². The van der Waals surface area contributed by atoms with Crippen LogP contribution in [0.1, 0.15) is 26.3 Å².